The van der Waals surface area contributed by atoms with E-state index in [1.54, 1.807) is 35.9 Å². The maximum Gasteiger partial charge on any atom is 0.328 e. The number of hydrogen-bond acceptors (Lipinski definition) is 4. The van der Waals surface area contributed by atoms with Gasteiger partial charge in [-0.2, -0.15) is 5.10 Å². The number of benzene rings is 1. The molecule has 0 radical (unpaired) electrons. The molecule has 7 nitrogen and oxygen atoms in total. The minimum Gasteiger partial charge on any atom is -0.480 e. The molecule has 1 aromatic heterocycles. The molecule has 0 aliphatic carbocycles. The second-order valence-electron chi connectivity index (χ2n) is 4.85. The highest BCUT2D eigenvalue weighted by molar-refractivity contribution is 6.30. The maximum atomic E-state index is 12.3. The molecule has 8 heteroatoms. The van der Waals surface area contributed by atoms with Gasteiger partial charge in [0.05, 0.1) is 29.7 Å². The van der Waals surface area contributed by atoms with Gasteiger partial charge in [-0.25, -0.2) is 9.48 Å². The summed E-state index contributed by atoms with van der Waals surface area (Å²) in [5, 5.41) is 16.2. The Labute approximate surface area is 137 Å². The van der Waals surface area contributed by atoms with E-state index in [1.165, 1.54) is 13.3 Å². The van der Waals surface area contributed by atoms with E-state index >= 15 is 0 Å². The van der Waals surface area contributed by atoms with Gasteiger partial charge in [0.15, 0.2) is 6.04 Å². The van der Waals surface area contributed by atoms with Crippen LogP contribution in [0.2, 0.25) is 5.02 Å². The molecule has 0 spiro atoms. The summed E-state index contributed by atoms with van der Waals surface area (Å²) in [4.78, 5) is 23.3. The van der Waals surface area contributed by atoms with Crippen LogP contribution in [0.5, 0.6) is 0 Å². The van der Waals surface area contributed by atoms with E-state index in [0.717, 1.165) is 0 Å². The summed E-state index contributed by atoms with van der Waals surface area (Å²) in [7, 11) is 1.37. The number of amides is 1. The van der Waals surface area contributed by atoms with E-state index in [-0.39, 0.29) is 12.2 Å². The van der Waals surface area contributed by atoms with Gasteiger partial charge in [0.2, 0.25) is 0 Å². The van der Waals surface area contributed by atoms with Crippen molar-refractivity contribution in [2.45, 2.75) is 13.0 Å². The largest absolute Gasteiger partial charge is 0.480 e. The molecule has 1 unspecified atom stereocenters. The summed E-state index contributed by atoms with van der Waals surface area (Å²) >= 11 is 5.96. The SMILES string of the molecule is COCC(NC(=O)c1cnn(-c2cccc(Cl)c2)c1C)C(=O)O. The van der Waals surface area contributed by atoms with E-state index in [0.29, 0.717) is 16.4 Å². The number of aromatic nitrogens is 2. The van der Waals surface area contributed by atoms with Crippen LogP contribution in [-0.2, 0) is 9.53 Å². The summed E-state index contributed by atoms with van der Waals surface area (Å²) in [5.41, 5.74) is 1.57. The lowest BCUT2D eigenvalue weighted by Crippen LogP contribution is -2.43. The first-order chi connectivity index (χ1) is 10.9. The fraction of sp³-hybridized carbons (Fsp3) is 0.267. The van der Waals surface area contributed by atoms with Gasteiger partial charge in [-0.1, -0.05) is 17.7 Å². The molecule has 0 saturated carbocycles. The van der Waals surface area contributed by atoms with Crippen LogP contribution in [-0.4, -0.2) is 46.5 Å². The van der Waals surface area contributed by atoms with Gasteiger partial charge in [-0.05, 0) is 25.1 Å². The Morgan fingerprint density at radius 2 is 2.22 bits per heavy atom. The Kier molecular flexibility index (Phi) is 5.36. The van der Waals surface area contributed by atoms with Gasteiger partial charge in [0.25, 0.3) is 5.91 Å². The molecular formula is C15H16ClN3O4. The molecule has 1 amide bonds. The highest BCUT2D eigenvalue weighted by Crippen LogP contribution is 2.18. The second-order valence-corrected chi connectivity index (χ2v) is 5.29. The highest BCUT2D eigenvalue weighted by Gasteiger charge is 2.23. The topological polar surface area (TPSA) is 93.5 Å². The average molecular weight is 338 g/mol. The van der Waals surface area contributed by atoms with Crippen LogP contribution in [0, 0.1) is 6.92 Å². The number of aliphatic carboxylic acids is 1. The monoisotopic (exact) mass is 337 g/mol. The number of carboxylic acid groups (broad SMARTS) is 1. The van der Waals surface area contributed by atoms with Crippen LogP contribution in [0.25, 0.3) is 5.69 Å². The molecule has 0 bridgehead atoms. The summed E-state index contributed by atoms with van der Waals surface area (Å²) in [6.45, 7) is 1.59. The number of halogens is 1. The third-order valence-electron chi connectivity index (χ3n) is 3.24. The molecule has 0 saturated heterocycles. The van der Waals surface area contributed by atoms with Crippen molar-refractivity contribution >= 4 is 23.5 Å². The molecule has 1 aromatic carbocycles. The van der Waals surface area contributed by atoms with E-state index in [1.807, 2.05) is 0 Å². The number of carbonyl (C=O) groups excluding carboxylic acids is 1. The minimum absolute atomic E-state index is 0.122. The van der Waals surface area contributed by atoms with Crippen molar-refractivity contribution in [1.82, 2.24) is 15.1 Å². The molecule has 0 fully saturated rings. The smallest absolute Gasteiger partial charge is 0.328 e. The third-order valence-corrected chi connectivity index (χ3v) is 3.48. The summed E-state index contributed by atoms with van der Waals surface area (Å²) < 4.78 is 6.35. The first kappa shape index (κ1) is 17.0. The van der Waals surface area contributed by atoms with Gasteiger partial charge in [-0.3, -0.25) is 4.79 Å². The number of carboxylic acids is 1. The first-order valence-electron chi connectivity index (χ1n) is 6.77. The van der Waals surface area contributed by atoms with Gasteiger partial charge < -0.3 is 15.2 Å². The van der Waals surface area contributed by atoms with Crippen molar-refractivity contribution in [2.24, 2.45) is 0 Å². The fourth-order valence-corrected chi connectivity index (χ4v) is 2.26. The summed E-state index contributed by atoms with van der Waals surface area (Å²) in [6.07, 6.45) is 1.39. The quantitative estimate of drug-likeness (QED) is 0.836. The van der Waals surface area contributed by atoms with Crippen LogP contribution >= 0.6 is 11.6 Å². The van der Waals surface area contributed by atoms with Crippen molar-refractivity contribution in [3.63, 3.8) is 0 Å². The van der Waals surface area contributed by atoms with Crippen molar-refractivity contribution in [2.75, 3.05) is 13.7 Å². The van der Waals surface area contributed by atoms with Gasteiger partial charge in [-0.15, -0.1) is 0 Å². The Morgan fingerprint density at radius 1 is 1.48 bits per heavy atom. The third kappa shape index (κ3) is 3.88. The molecule has 122 valence electrons. The molecule has 2 rings (SSSR count). The van der Waals surface area contributed by atoms with Crippen molar-refractivity contribution in [3.05, 3.63) is 46.7 Å². The lowest BCUT2D eigenvalue weighted by atomic mass is 10.2. The van der Waals surface area contributed by atoms with E-state index in [2.05, 4.69) is 10.4 Å². The van der Waals surface area contributed by atoms with Crippen molar-refractivity contribution in [3.8, 4) is 5.69 Å². The van der Waals surface area contributed by atoms with Crippen molar-refractivity contribution in [1.29, 1.82) is 0 Å². The van der Waals surface area contributed by atoms with E-state index < -0.39 is 17.9 Å². The van der Waals surface area contributed by atoms with Crippen LogP contribution in [0.3, 0.4) is 0 Å². The number of hydrogen-bond donors (Lipinski definition) is 2. The number of methoxy groups -OCH3 is 1. The molecule has 2 aromatic rings. The number of nitrogens with zero attached hydrogens (tertiary/aromatic N) is 2. The number of nitrogens with one attached hydrogen (secondary N) is 1. The zero-order chi connectivity index (χ0) is 17.0. The van der Waals surface area contributed by atoms with E-state index in [9.17, 15) is 9.59 Å². The summed E-state index contributed by atoms with van der Waals surface area (Å²) in [5.74, 6) is -1.69. The van der Waals surface area contributed by atoms with Crippen LogP contribution < -0.4 is 5.32 Å². The number of ether oxygens (including phenoxy) is 1. The highest BCUT2D eigenvalue weighted by atomic mass is 35.5. The number of carbonyl (C=O) groups is 2. The fourth-order valence-electron chi connectivity index (χ4n) is 2.08. The van der Waals surface area contributed by atoms with Crippen LogP contribution in [0.1, 0.15) is 16.1 Å². The minimum atomic E-state index is -1.17. The Morgan fingerprint density at radius 3 is 2.83 bits per heavy atom. The summed E-state index contributed by atoms with van der Waals surface area (Å²) in [6, 6.07) is 5.91. The average Bonchev–Trinajstić information content (AvgIpc) is 2.88. The molecule has 1 atom stereocenters. The Balaban J connectivity index is 2.24. The maximum absolute atomic E-state index is 12.3. The normalized spacial score (nSPS) is 12.0. The molecular weight excluding hydrogens is 322 g/mol. The van der Waals surface area contributed by atoms with Crippen LogP contribution in [0.4, 0.5) is 0 Å². The zero-order valence-electron chi connectivity index (χ0n) is 12.6. The molecule has 0 aliphatic rings. The van der Waals surface area contributed by atoms with E-state index in [4.69, 9.17) is 21.4 Å². The predicted molar refractivity (Wildman–Crippen MR) is 84.1 cm³/mol. The predicted octanol–water partition coefficient (Wildman–Crippen LogP) is 1.66. The van der Waals surface area contributed by atoms with Crippen LogP contribution in [0.15, 0.2) is 30.5 Å². The number of rotatable bonds is 6. The van der Waals surface area contributed by atoms with Crippen molar-refractivity contribution < 1.29 is 19.4 Å². The Bertz CT molecular complexity index is 729. The molecule has 2 N–H and O–H groups in total. The molecule has 0 aliphatic heterocycles. The Hall–Kier alpha value is -2.38. The lowest BCUT2D eigenvalue weighted by Gasteiger charge is -2.13. The standard InChI is InChI=1S/C15H16ClN3O4/c1-9-12(14(20)18-13(8-23-2)15(21)22)7-17-19(9)11-5-3-4-10(16)6-11/h3-7,13H,8H2,1-2H3,(H,18,20)(H,21,22). The lowest BCUT2D eigenvalue weighted by molar-refractivity contribution is -0.140. The van der Waals surface area contributed by atoms with Gasteiger partial charge >= 0.3 is 5.97 Å². The molecule has 23 heavy (non-hydrogen) atoms. The first-order valence-corrected chi connectivity index (χ1v) is 7.15. The second kappa shape index (κ2) is 7.26. The van der Waals surface area contributed by atoms with Gasteiger partial charge in [0, 0.05) is 12.1 Å². The van der Waals surface area contributed by atoms with Gasteiger partial charge in [0.1, 0.15) is 0 Å². The zero-order valence-corrected chi connectivity index (χ0v) is 13.4. The molecule has 1 heterocycles.